The van der Waals surface area contributed by atoms with Crippen molar-refractivity contribution >= 4 is 46.6 Å². The number of nitrogens with zero attached hydrogens (tertiary/aromatic N) is 1. The first-order valence-corrected chi connectivity index (χ1v) is 10.4. The van der Waals surface area contributed by atoms with Crippen LogP contribution >= 0.6 is 23.4 Å². The summed E-state index contributed by atoms with van der Waals surface area (Å²) in [4.78, 5) is 27.0. The fourth-order valence-corrected chi connectivity index (χ4v) is 4.84. The Morgan fingerprint density at radius 1 is 1.21 bits per heavy atom. The van der Waals surface area contributed by atoms with Crippen molar-refractivity contribution in [2.24, 2.45) is 0 Å². The second-order valence-electron chi connectivity index (χ2n) is 6.59. The summed E-state index contributed by atoms with van der Waals surface area (Å²) < 4.78 is 5.16. The molecule has 7 heteroatoms. The van der Waals surface area contributed by atoms with Crippen LogP contribution in [0, 0.1) is 0 Å². The molecular weight excluding hydrogens is 396 g/mol. The van der Waals surface area contributed by atoms with E-state index in [1.54, 1.807) is 18.7 Å². The predicted molar refractivity (Wildman–Crippen MR) is 114 cm³/mol. The molecule has 0 fully saturated rings. The summed E-state index contributed by atoms with van der Waals surface area (Å²) >= 11 is 7.71. The van der Waals surface area contributed by atoms with Crippen molar-refractivity contribution in [2.45, 2.75) is 37.0 Å². The standard InChI is InChI=1S/C21H23ClN2O3S/c1-4-27-19(26)12-24-13(2)21(28-16-10-8-15(22)9-11-16)20-17(23-14(3)25)6-5-7-18(20)24/h5-11,13,21H,4,12H2,1-3H3,(H,23,25). The third-order valence-corrected chi connectivity index (χ3v) is 6.28. The Morgan fingerprint density at radius 2 is 1.93 bits per heavy atom. The van der Waals surface area contributed by atoms with Crippen LogP contribution in [0.2, 0.25) is 5.02 Å². The number of rotatable bonds is 6. The van der Waals surface area contributed by atoms with Crippen LogP contribution in [0.5, 0.6) is 0 Å². The molecule has 0 aliphatic carbocycles. The predicted octanol–water partition coefficient (Wildman–Crippen LogP) is 4.90. The number of benzene rings is 2. The summed E-state index contributed by atoms with van der Waals surface area (Å²) in [6.07, 6.45) is 0. The second kappa shape index (κ2) is 8.88. The van der Waals surface area contributed by atoms with E-state index < -0.39 is 0 Å². The first-order chi connectivity index (χ1) is 13.4. The number of carbonyl (C=O) groups excluding carboxylic acids is 2. The fourth-order valence-electron chi connectivity index (χ4n) is 3.42. The van der Waals surface area contributed by atoms with Gasteiger partial charge in [0.15, 0.2) is 0 Å². The van der Waals surface area contributed by atoms with Crippen LogP contribution in [0.15, 0.2) is 47.4 Å². The first kappa shape index (κ1) is 20.6. The zero-order chi connectivity index (χ0) is 20.3. The summed E-state index contributed by atoms with van der Waals surface area (Å²) in [6, 6.07) is 13.5. The Balaban J connectivity index is 1.99. The second-order valence-corrected chi connectivity index (χ2v) is 8.24. The zero-order valence-electron chi connectivity index (χ0n) is 16.1. The summed E-state index contributed by atoms with van der Waals surface area (Å²) in [6.45, 7) is 5.90. The monoisotopic (exact) mass is 418 g/mol. The maximum Gasteiger partial charge on any atom is 0.325 e. The molecule has 0 aromatic heterocycles. The Bertz CT molecular complexity index is 872. The Hall–Kier alpha value is -2.18. The van der Waals surface area contributed by atoms with Crippen molar-refractivity contribution in [1.82, 2.24) is 0 Å². The summed E-state index contributed by atoms with van der Waals surface area (Å²) in [7, 11) is 0. The number of fused-ring (bicyclic) bond motifs is 1. The average molecular weight is 419 g/mol. The van der Waals surface area contributed by atoms with E-state index in [2.05, 4.69) is 12.2 Å². The Labute approximate surface area is 174 Å². The minimum Gasteiger partial charge on any atom is -0.465 e. The highest BCUT2D eigenvalue weighted by molar-refractivity contribution is 7.99. The maximum atomic E-state index is 12.2. The number of nitrogens with one attached hydrogen (secondary N) is 1. The summed E-state index contributed by atoms with van der Waals surface area (Å²) in [5, 5.41) is 3.66. The topological polar surface area (TPSA) is 58.6 Å². The largest absolute Gasteiger partial charge is 0.465 e. The van der Waals surface area contributed by atoms with Gasteiger partial charge in [0.1, 0.15) is 6.54 Å². The molecule has 28 heavy (non-hydrogen) atoms. The van der Waals surface area contributed by atoms with Gasteiger partial charge in [-0.15, -0.1) is 11.8 Å². The quantitative estimate of drug-likeness (QED) is 0.676. The van der Waals surface area contributed by atoms with Crippen molar-refractivity contribution in [3.05, 3.63) is 53.1 Å². The van der Waals surface area contributed by atoms with Crippen LogP contribution in [0.1, 0.15) is 31.6 Å². The van der Waals surface area contributed by atoms with E-state index >= 15 is 0 Å². The van der Waals surface area contributed by atoms with E-state index in [4.69, 9.17) is 16.3 Å². The van der Waals surface area contributed by atoms with Gasteiger partial charge in [-0.2, -0.15) is 0 Å². The SMILES string of the molecule is CCOC(=O)CN1c2cccc(NC(C)=O)c2C(Sc2ccc(Cl)cc2)C1C. The zero-order valence-corrected chi connectivity index (χ0v) is 17.6. The van der Waals surface area contributed by atoms with E-state index in [1.165, 1.54) is 6.92 Å². The lowest BCUT2D eigenvalue weighted by Gasteiger charge is -2.26. The van der Waals surface area contributed by atoms with Gasteiger partial charge in [-0.1, -0.05) is 17.7 Å². The molecular formula is C21H23ClN2O3S. The summed E-state index contributed by atoms with van der Waals surface area (Å²) in [5.74, 6) is -0.387. The van der Waals surface area contributed by atoms with Gasteiger partial charge in [-0.3, -0.25) is 9.59 Å². The van der Waals surface area contributed by atoms with Crippen LogP contribution in [0.4, 0.5) is 11.4 Å². The van der Waals surface area contributed by atoms with Gasteiger partial charge in [-0.05, 0) is 50.2 Å². The lowest BCUT2D eigenvalue weighted by atomic mass is 10.1. The highest BCUT2D eigenvalue weighted by Gasteiger charge is 2.39. The molecule has 2 unspecified atom stereocenters. The molecule has 1 N–H and O–H groups in total. The lowest BCUT2D eigenvalue weighted by Crippen LogP contribution is -2.36. The van der Waals surface area contributed by atoms with E-state index in [0.29, 0.717) is 11.6 Å². The third kappa shape index (κ3) is 4.45. The van der Waals surface area contributed by atoms with E-state index in [1.807, 2.05) is 47.4 Å². The molecule has 1 heterocycles. The first-order valence-electron chi connectivity index (χ1n) is 9.15. The van der Waals surface area contributed by atoms with Gasteiger partial charge in [-0.25, -0.2) is 0 Å². The smallest absolute Gasteiger partial charge is 0.325 e. The number of amides is 1. The van der Waals surface area contributed by atoms with Gasteiger partial charge in [0.25, 0.3) is 0 Å². The van der Waals surface area contributed by atoms with Gasteiger partial charge in [0, 0.05) is 39.8 Å². The highest BCUT2D eigenvalue weighted by Crippen LogP contribution is 2.52. The molecule has 3 rings (SSSR count). The Kier molecular flexibility index (Phi) is 6.52. The molecule has 0 spiro atoms. The van der Waals surface area contributed by atoms with Crippen molar-refractivity contribution in [2.75, 3.05) is 23.4 Å². The molecule has 0 radical (unpaired) electrons. The van der Waals surface area contributed by atoms with Crippen LogP contribution < -0.4 is 10.2 Å². The number of halogens is 1. The molecule has 2 atom stereocenters. The minimum atomic E-state index is -0.262. The fraction of sp³-hybridized carbons (Fsp3) is 0.333. The van der Waals surface area contributed by atoms with Crippen LogP contribution in [0.25, 0.3) is 0 Å². The van der Waals surface area contributed by atoms with Gasteiger partial charge < -0.3 is 15.0 Å². The maximum absolute atomic E-state index is 12.2. The number of hydrogen-bond acceptors (Lipinski definition) is 5. The molecule has 2 aromatic carbocycles. The van der Waals surface area contributed by atoms with Gasteiger partial charge in [0.05, 0.1) is 11.9 Å². The number of ether oxygens (including phenoxy) is 1. The van der Waals surface area contributed by atoms with Crippen molar-refractivity contribution in [1.29, 1.82) is 0 Å². The lowest BCUT2D eigenvalue weighted by molar-refractivity contribution is -0.141. The molecule has 0 saturated carbocycles. The molecule has 0 saturated heterocycles. The number of anilines is 2. The molecule has 1 aliphatic rings. The molecule has 5 nitrogen and oxygen atoms in total. The van der Waals surface area contributed by atoms with Crippen molar-refractivity contribution < 1.29 is 14.3 Å². The van der Waals surface area contributed by atoms with Crippen LogP contribution in [-0.2, 0) is 14.3 Å². The number of esters is 1. The highest BCUT2D eigenvalue weighted by atomic mass is 35.5. The number of thioether (sulfide) groups is 1. The average Bonchev–Trinajstić information content (AvgIpc) is 2.90. The van der Waals surface area contributed by atoms with Crippen LogP contribution in [-0.4, -0.2) is 31.1 Å². The minimum absolute atomic E-state index is 0.0358. The molecule has 1 aliphatic heterocycles. The molecule has 1 amide bonds. The van der Waals surface area contributed by atoms with E-state index in [0.717, 1.165) is 21.8 Å². The van der Waals surface area contributed by atoms with Crippen molar-refractivity contribution in [3.8, 4) is 0 Å². The molecule has 148 valence electrons. The Morgan fingerprint density at radius 3 is 2.57 bits per heavy atom. The summed E-state index contributed by atoms with van der Waals surface area (Å²) in [5.41, 5.74) is 2.74. The number of carbonyl (C=O) groups is 2. The molecule has 0 bridgehead atoms. The van der Waals surface area contributed by atoms with Crippen molar-refractivity contribution in [3.63, 3.8) is 0 Å². The van der Waals surface area contributed by atoms with E-state index in [-0.39, 0.29) is 29.7 Å². The van der Waals surface area contributed by atoms with Crippen LogP contribution in [0.3, 0.4) is 0 Å². The van der Waals surface area contributed by atoms with Gasteiger partial charge >= 0.3 is 5.97 Å². The van der Waals surface area contributed by atoms with E-state index in [9.17, 15) is 9.59 Å². The normalized spacial score (nSPS) is 17.9. The number of hydrogen-bond donors (Lipinski definition) is 1. The third-order valence-electron chi connectivity index (χ3n) is 4.60. The molecule has 2 aromatic rings. The van der Waals surface area contributed by atoms with Gasteiger partial charge in [0.2, 0.25) is 5.91 Å².